The highest BCUT2D eigenvalue weighted by Gasteiger charge is 2.44. The van der Waals surface area contributed by atoms with Gasteiger partial charge in [-0.05, 0) is 25.8 Å². The molecule has 1 N–H and O–H groups in total. The second-order valence-corrected chi connectivity index (χ2v) is 4.62. The van der Waals surface area contributed by atoms with Crippen LogP contribution in [0.3, 0.4) is 0 Å². The van der Waals surface area contributed by atoms with Crippen molar-refractivity contribution in [3.8, 4) is 0 Å². The van der Waals surface area contributed by atoms with Gasteiger partial charge >= 0.3 is 5.97 Å². The summed E-state index contributed by atoms with van der Waals surface area (Å²) in [5.41, 5.74) is -0.793. The van der Waals surface area contributed by atoms with Crippen molar-refractivity contribution in [2.24, 2.45) is 0 Å². The molecule has 1 amide bonds. The normalized spacial score (nSPS) is 19.4. The van der Waals surface area contributed by atoms with Gasteiger partial charge < -0.3 is 10.0 Å². The molecular weight excluding hydrogens is 232 g/mol. The van der Waals surface area contributed by atoms with Crippen LogP contribution in [0.4, 0.5) is 0 Å². The van der Waals surface area contributed by atoms with E-state index in [2.05, 4.69) is 4.98 Å². The molecule has 0 bridgehead atoms. The van der Waals surface area contributed by atoms with Gasteiger partial charge in [0.2, 0.25) is 5.91 Å². The minimum absolute atomic E-state index is 0.102. The quantitative estimate of drug-likeness (QED) is 0.877. The number of rotatable bonds is 3. The minimum atomic E-state index is -1.33. The highest BCUT2D eigenvalue weighted by molar-refractivity contribution is 5.88. The largest absolute Gasteiger partial charge is 0.479 e. The van der Waals surface area contributed by atoms with E-state index in [0.717, 1.165) is 12.8 Å². The van der Waals surface area contributed by atoms with Gasteiger partial charge in [0, 0.05) is 30.9 Å². The van der Waals surface area contributed by atoms with Gasteiger partial charge in [0.1, 0.15) is 0 Å². The summed E-state index contributed by atoms with van der Waals surface area (Å²) in [6.07, 6.45) is 5.19. The number of aromatic nitrogens is 1. The van der Waals surface area contributed by atoms with Crippen molar-refractivity contribution in [3.63, 3.8) is 0 Å². The predicted octanol–water partition coefficient (Wildman–Crippen LogP) is 1.39. The summed E-state index contributed by atoms with van der Waals surface area (Å²) in [4.78, 5) is 29.0. The SMILES string of the molecule is CC(C(=O)O)(c1cccnc1)N1CCCCC1=O. The van der Waals surface area contributed by atoms with Gasteiger partial charge in [-0.1, -0.05) is 6.07 Å². The van der Waals surface area contributed by atoms with Crippen LogP contribution in [-0.4, -0.2) is 33.4 Å². The summed E-state index contributed by atoms with van der Waals surface area (Å²) in [6, 6.07) is 3.38. The average molecular weight is 248 g/mol. The molecule has 5 heteroatoms. The van der Waals surface area contributed by atoms with Crippen LogP contribution in [0, 0.1) is 0 Å². The maximum absolute atomic E-state index is 12.0. The number of hydrogen-bond donors (Lipinski definition) is 1. The molecule has 1 fully saturated rings. The van der Waals surface area contributed by atoms with Crippen molar-refractivity contribution in [3.05, 3.63) is 30.1 Å². The highest BCUT2D eigenvalue weighted by atomic mass is 16.4. The third-order valence-electron chi connectivity index (χ3n) is 3.50. The van der Waals surface area contributed by atoms with E-state index in [-0.39, 0.29) is 5.91 Å². The Hall–Kier alpha value is -1.91. The van der Waals surface area contributed by atoms with Crippen LogP contribution in [0.5, 0.6) is 0 Å². The van der Waals surface area contributed by atoms with Gasteiger partial charge in [0.15, 0.2) is 5.54 Å². The zero-order valence-electron chi connectivity index (χ0n) is 10.3. The number of aliphatic carboxylic acids is 1. The van der Waals surface area contributed by atoms with E-state index in [1.54, 1.807) is 25.3 Å². The van der Waals surface area contributed by atoms with E-state index >= 15 is 0 Å². The first-order chi connectivity index (χ1) is 8.56. The highest BCUT2D eigenvalue weighted by Crippen LogP contribution is 2.31. The van der Waals surface area contributed by atoms with Crippen LogP contribution < -0.4 is 0 Å². The molecule has 1 unspecified atom stereocenters. The molecule has 2 rings (SSSR count). The van der Waals surface area contributed by atoms with E-state index in [1.807, 2.05) is 0 Å². The summed E-state index contributed by atoms with van der Waals surface area (Å²) in [5, 5.41) is 9.53. The summed E-state index contributed by atoms with van der Waals surface area (Å²) in [5.74, 6) is -1.12. The van der Waals surface area contributed by atoms with Crippen molar-refractivity contribution in [1.82, 2.24) is 9.88 Å². The topological polar surface area (TPSA) is 70.5 Å². The number of nitrogens with zero attached hydrogens (tertiary/aromatic N) is 2. The lowest BCUT2D eigenvalue weighted by Gasteiger charge is -2.40. The lowest BCUT2D eigenvalue weighted by atomic mass is 9.89. The summed E-state index contributed by atoms with van der Waals surface area (Å²) < 4.78 is 0. The monoisotopic (exact) mass is 248 g/mol. The Morgan fingerprint density at radius 3 is 2.83 bits per heavy atom. The van der Waals surface area contributed by atoms with E-state index in [0.29, 0.717) is 18.5 Å². The smallest absolute Gasteiger partial charge is 0.334 e. The first-order valence-corrected chi connectivity index (χ1v) is 6.01. The molecule has 0 aliphatic carbocycles. The first kappa shape index (κ1) is 12.5. The third-order valence-corrected chi connectivity index (χ3v) is 3.50. The number of carboxylic acids is 1. The molecular formula is C13H16N2O3. The molecule has 1 aromatic heterocycles. The van der Waals surface area contributed by atoms with E-state index in [9.17, 15) is 14.7 Å². The Kier molecular flexibility index (Phi) is 3.32. The molecule has 2 heterocycles. The molecule has 96 valence electrons. The van der Waals surface area contributed by atoms with Gasteiger partial charge in [-0.3, -0.25) is 9.78 Å². The van der Waals surface area contributed by atoms with Gasteiger partial charge in [0.05, 0.1) is 0 Å². The van der Waals surface area contributed by atoms with Gasteiger partial charge in [-0.15, -0.1) is 0 Å². The zero-order valence-corrected chi connectivity index (χ0v) is 10.3. The van der Waals surface area contributed by atoms with Crippen molar-refractivity contribution in [1.29, 1.82) is 0 Å². The Balaban J connectivity index is 2.44. The van der Waals surface area contributed by atoms with Crippen LogP contribution in [0.25, 0.3) is 0 Å². The number of pyridine rings is 1. The molecule has 0 radical (unpaired) electrons. The Morgan fingerprint density at radius 2 is 2.28 bits per heavy atom. The number of hydrogen-bond acceptors (Lipinski definition) is 3. The Bertz CT molecular complexity index is 461. The fraction of sp³-hybridized carbons (Fsp3) is 0.462. The van der Waals surface area contributed by atoms with Crippen LogP contribution in [0.1, 0.15) is 31.7 Å². The second kappa shape index (κ2) is 4.76. The summed E-state index contributed by atoms with van der Waals surface area (Å²) >= 11 is 0. The van der Waals surface area contributed by atoms with Gasteiger partial charge in [-0.2, -0.15) is 0 Å². The lowest BCUT2D eigenvalue weighted by Crippen LogP contribution is -2.54. The predicted molar refractivity (Wildman–Crippen MR) is 64.8 cm³/mol. The first-order valence-electron chi connectivity index (χ1n) is 6.01. The van der Waals surface area contributed by atoms with Crippen molar-refractivity contribution in [2.75, 3.05) is 6.54 Å². The summed E-state index contributed by atoms with van der Waals surface area (Å²) in [6.45, 7) is 2.05. The third kappa shape index (κ3) is 1.96. The molecule has 0 aromatic carbocycles. The molecule has 0 saturated carbocycles. The molecule has 18 heavy (non-hydrogen) atoms. The minimum Gasteiger partial charge on any atom is -0.479 e. The lowest BCUT2D eigenvalue weighted by molar-refractivity contribution is -0.160. The van der Waals surface area contributed by atoms with Gasteiger partial charge in [0.25, 0.3) is 0 Å². The van der Waals surface area contributed by atoms with E-state index in [4.69, 9.17) is 0 Å². The number of likely N-dealkylation sites (tertiary alicyclic amines) is 1. The maximum atomic E-state index is 12.0. The molecule has 1 aromatic rings. The number of piperidine rings is 1. The van der Waals surface area contributed by atoms with Crippen LogP contribution >= 0.6 is 0 Å². The van der Waals surface area contributed by atoms with Crippen molar-refractivity contribution >= 4 is 11.9 Å². The molecule has 1 atom stereocenters. The van der Waals surface area contributed by atoms with E-state index in [1.165, 1.54) is 11.1 Å². The number of carboxylic acid groups (broad SMARTS) is 1. The molecule has 0 spiro atoms. The average Bonchev–Trinajstić information content (AvgIpc) is 2.39. The number of carbonyl (C=O) groups excluding carboxylic acids is 1. The zero-order chi connectivity index (χ0) is 13.2. The standard InChI is InChI=1S/C13H16N2O3/c1-13(12(17)18,10-5-4-7-14-9-10)15-8-3-2-6-11(15)16/h4-5,7,9H,2-3,6,8H2,1H3,(H,17,18). The number of carbonyl (C=O) groups is 2. The Morgan fingerprint density at radius 1 is 1.50 bits per heavy atom. The van der Waals surface area contributed by atoms with E-state index < -0.39 is 11.5 Å². The fourth-order valence-corrected chi connectivity index (χ4v) is 2.32. The Labute approximate surface area is 105 Å². The van der Waals surface area contributed by atoms with Crippen LogP contribution in [-0.2, 0) is 15.1 Å². The number of amides is 1. The molecule has 5 nitrogen and oxygen atoms in total. The van der Waals surface area contributed by atoms with Crippen molar-refractivity contribution in [2.45, 2.75) is 31.7 Å². The fourth-order valence-electron chi connectivity index (χ4n) is 2.32. The van der Waals surface area contributed by atoms with Crippen LogP contribution in [0.2, 0.25) is 0 Å². The molecule has 1 saturated heterocycles. The van der Waals surface area contributed by atoms with Crippen LogP contribution in [0.15, 0.2) is 24.5 Å². The maximum Gasteiger partial charge on any atom is 0.334 e. The molecule has 1 aliphatic heterocycles. The second-order valence-electron chi connectivity index (χ2n) is 4.62. The van der Waals surface area contributed by atoms with Gasteiger partial charge in [-0.25, -0.2) is 4.79 Å². The summed E-state index contributed by atoms with van der Waals surface area (Å²) in [7, 11) is 0. The molecule has 1 aliphatic rings. The van der Waals surface area contributed by atoms with Crippen molar-refractivity contribution < 1.29 is 14.7 Å².